The van der Waals surface area contributed by atoms with Gasteiger partial charge in [-0.3, -0.25) is 0 Å². The average molecular weight is 902 g/mol. The van der Waals surface area contributed by atoms with Crippen LogP contribution in [0, 0.1) is 0 Å². The van der Waals surface area contributed by atoms with Crippen LogP contribution >= 0.6 is 0 Å². The topological polar surface area (TPSA) is 14.8 Å². The van der Waals surface area contributed by atoms with Crippen LogP contribution in [0.2, 0.25) is 0 Å². The highest BCUT2D eigenvalue weighted by atomic mass is 15.0. The number of benzene rings is 12. The van der Waals surface area contributed by atoms with E-state index in [1.165, 1.54) is 120 Å². The van der Waals surface area contributed by atoms with E-state index >= 15 is 0 Å². The molecule has 0 unspecified atom stereocenters. The number of para-hydroxylation sites is 3. The zero-order valence-corrected chi connectivity index (χ0v) is 38.7. The Balaban J connectivity index is 0.964. The van der Waals surface area contributed by atoms with Crippen LogP contribution < -0.4 is 0 Å². The molecule has 0 radical (unpaired) electrons. The summed E-state index contributed by atoms with van der Waals surface area (Å²) in [6, 6.07) is 96.2. The fraction of sp³-hybridized carbons (Fsp3) is 0. The van der Waals surface area contributed by atoms with E-state index in [2.05, 4.69) is 275 Å². The quantitative estimate of drug-likeness (QED) is 0.158. The number of hydrogen-bond acceptors (Lipinski definition) is 0. The third-order valence-corrected chi connectivity index (χ3v) is 15.0. The summed E-state index contributed by atoms with van der Waals surface area (Å²) in [7, 11) is 0. The minimum absolute atomic E-state index is 1.13. The number of rotatable bonds is 6. The van der Waals surface area contributed by atoms with Crippen molar-refractivity contribution in [3.8, 4) is 50.4 Å². The van der Waals surface area contributed by atoms with E-state index in [9.17, 15) is 0 Å². The Bertz CT molecular complexity index is 4620. The van der Waals surface area contributed by atoms with Crippen LogP contribution in [-0.2, 0) is 0 Å². The third kappa shape index (κ3) is 6.10. The monoisotopic (exact) mass is 901 g/mol. The summed E-state index contributed by atoms with van der Waals surface area (Å²) in [4.78, 5) is 0. The zero-order chi connectivity index (χ0) is 46.6. The molecule has 0 N–H and O–H groups in total. The van der Waals surface area contributed by atoms with Gasteiger partial charge in [0.2, 0.25) is 0 Å². The van der Waals surface area contributed by atoms with Gasteiger partial charge in [0.15, 0.2) is 0 Å². The molecule has 0 spiro atoms. The summed E-state index contributed by atoms with van der Waals surface area (Å²) in [5.41, 5.74) is 17.8. The molecule has 3 heterocycles. The molecule has 0 aliphatic heterocycles. The van der Waals surface area contributed by atoms with Crippen LogP contribution in [0.15, 0.2) is 261 Å². The summed E-state index contributed by atoms with van der Waals surface area (Å²) in [5.74, 6) is 0. The first-order chi connectivity index (χ1) is 35.2. The highest BCUT2D eigenvalue weighted by molar-refractivity contribution is 6.16. The predicted molar refractivity (Wildman–Crippen MR) is 301 cm³/mol. The van der Waals surface area contributed by atoms with E-state index in [1.807, 2.05) is 0 Å². The SMILES string of the molecule is c1ccc(-n2c3ccc(-c4ccc5c6cc(-c7cccc8ccccc78)ccc6n(-c6ccc7c(c6)c6ccccc6n7-c6ccccc6)c5c4)cc3c3cc(-c4cccc5ccccc45)ccc32)cc1. The van der Waals surface area contributed by atoms with Crippen molar-refractivity contribution in [3.63, 3.8) is 0 Å². The van der Waals surface area contributed by atoms with Crippen molar-refractivity contribution < 1.29 is 0 Å². The summed E-state index contributed by atoms with van der Waals surface area (Å²) in [5, 5.41) is 12.4. The Morgan fingerprint density at radius 2 is 0.563 bits per heavy atom. The van der Waals surface area contributed by atoms with Gasteiger partial charge in [0.05, 0.1) is 33.1 Å². The molecule has 3 heteroatoms. The fourth-order valence-corrected chi connectivity index (χ4v) is 11.8. The molecule has 0 aliphatic rings. The van der Waals surface area contributed by atoms with E-state index in [0.29, 0.717) is 0 Å². The maximum Gasteiger partial charge on any atom is 0.0547 e. The van der Waals surface area contributed by atoms with Gasteiger partial charge in [-0.25, -0.2) is 0 Å². The second kappa shape index (κ2) is 15.5. The first-order valence-corrected chi connectivity index (χ1v) is 24.5. The van der Waals surface area contributed by atoms with Crippen LogP contribution in [0.1, 0.15) is 0 Å². The zero-order valence-electron chi connectivity index (χ0n) is 38.7. The lowest BCUT2D eigenvalue weighted by molar-refractivity contribution is 1.17. The van der Waals surface area contributed by atoms with Crippen LogP contribution in [0.5, 0.6) is 0 Å². The molecule has 3 nitrogen and oxygen atoms in total. The molecule has 330 valence electrons. The molecular weight excluding hydrogens is 859 g/mol. The normalized spacial score (nSPS) is 11.9. The van der Waals surface area contributed by atoms with E-state index in [4.69, 9.17) is 0 Å². The Hall–Kier alpha value is -9.44. The third-order valence-electron chi connectivity index (χ3n) is 15.0. The molecular formula is C68H43N3. The van der Waals surface area contributed by atoms with Crippen LogP contribution in [0.3, 0.4) is 0 Å². The van der Waals surface area contributed by atoms with Crippen molar-refractivity contribution in [1.29, 1.82) is 0 Å². The van der Waals surface area contributed by atoms with Crippen molar-refractivity contribution in [2.45, 2.75) is 0 Å². The van der Waals surface area contributed by atoms with Crippen LogP contribution in [-0.4, -0.2) is 13.7 Å². The van der Waals surface area contributed by atoms with Gasteiger partial charge in [-0.05, 0) is 146 Å². The summed E-state index contributed by atoms with van der Waals surface area (Å²) >= 11 is 0. The Morgan fingerprint density at radius 1 is 0.183 bits per heavy atom. The van der Waals surface area contributed by atoms with Crippen molar-refractivity contribution in [2.24, 2.45) is 0 Å². The van der Waals surface area contributed by atoms with Gasteiger partial charge in [0.25, 0.3) is 0 Å². The van der Waals surface area contributed by atoms with Gasteiger partial charge in [-0.15, -0.1) is 0 Å². The number of fused-ring (bicyclic) bond motifs is 11. The molecule has 0 atom stereocenters. The second-order valence-electron chi connectivity index (χ2n) is 18.9. The second-order valence-corrected chi connectivity index (χ2v) is 18.9. The molecule has 0 fully saturated rings. The summed E-state index contributed by atoms with van der Waals surface area (Å²) < 4.78 is 7.30. The van der Waals surface area contributed by atoms with Crippen LogP contribution in [0.4, 0.5) is 0 Å². The molecule has 0 saturated carbocycles. The van der Waals surface area contributed by atoms with Gasteiger partial charge in [0, 0.05) is 49.4 Å². The summed E-state index contributed by atoms with van der Waals surface area (Å²) in [6.07, 6.45) is 0. The van der Waals surface area contributed by atoms with E-state index < -0.39 is 0 Å². The Labute approximate surface area is 409 Å². The van der Waals surface area contributed by atoms with Crippen molar-refractivity contribution in [1.82, 2.24) is 13.7 Å². The van der Waals surface area contributed by atoms with Gasteiger partial charge < -0.3 is 13.7 Å². The molecule has 15 aromatic rings. The van der Waals surface area contributed by atoms with Crippen molar-refractivity contribution in [3.05, 3.63) is 261 Å². The summed E-state index contributed by atoms with van der Waals surface area (Å²) in [6.45, 7) is 0. The molecule has 0 amide bonds. The van der Waals surface area contributed by atoms with Gasteiger partial charge in [-0.2, -0.15) is 0 Å². The Kier molecular flexibility index (Phi) is 8.66. The molecule has 0 saturated heterocycles. The maximum atomic E-state index is 2.49. The number of hydrogen-bond donors (Lipinski definition) is 0. The highest BCUT2D eigenvalue weighted by Crippen LogP contribution is 2.43. The molecule has 15 rings (SSSR count). The minimum atomic E-state index is 1.13. The van der Waals surface area contributed by atoms with Gasteiger partial charge in [-0.1, -0.05) is 170 Å². The molecule has 0 bridgehead atoms. The lowest BCUT2D eigenvalue weighted by Gasteiger charge is -2.12. The number of aromatic nitrogens is 3. The molecule has 71 heavy (non-hydrogen) atoms. The Morgan fingerprint density at radius 3 is 1.15 bits per heavy atom. The number of nitrogens with zero attached hydrogens (tertiary/aromatic N) is 3. The standard InChI is InChI=1S/C68H43N3/c1-3-19-50(20-4-1)69-63-28-12-11-25-57(63)62-43-52(33-38-67(62)69)71-64-36-31-48(55-26-13-17-44-15-7-9-23-53(44)55)40-59(64)58-34-29-47(42-68(58)71)46-30-35-65-60(39-46)61-41-49(56-27-14-18-45-16-8-10-24-54(45)56)32-37-66(61)70(65)51-21-5-2-6-22-51/h1-43H. The lowest BCUT2D eigenvalue weighted by Crippen LogP contribution is -1.96. The van der Waals surface area contributed by atoms with E-state index in [-0.39, 0.29) is 0 Å². The largest absolute Gasteiger partial charge is 0.309 e. The fourth-order valence-electron chi connectivity index (χ4n) is 11.8. The van der Waals surface area contributed by atoms with Gasteiger partial charge >= 0.3 is 0 Å². The highest BCUT2D eigenvalue weighted by Gasteiger charge is 2.20. The first-order valence-electron chi connectivity index (χ1n) is 24.5. The maximum absolute atomic E-state index is 2.49. The molecule has 12 aromatic carbocycles. The predicted octanol–water partition coefficient (Wildman–Crippen LogP) is 18.3. The van der Waals surface area contributed by atoms with E-state index in [0.717, 1.165) is 17.1 Å². The smallest absolute Gasteiger partial charge is 0.0547 e. The van der Waals surface area contributed by atoms with Crippen molar-refractivity contribution in [2.75, 3.05) is 0 Å². The first kappa shape index (κ1) is 39.5. The molecule has 3 aromatic heterocycles. The van der Waals surface area contributed by atoms with Crippen LogP contribution in [0.25, 0.3) is 137 Å². The minimum Gasteiger partial charge on any atom is -0.309 e. The lowest BCUT2D eigenvalue weighted by atomic mass is 9.96. The molecule has 0 aliphatic carbocycles. The average Bonchev–Trinajstić information content (AvgIpc) is 4.07. The van der Waals surface area contributed by atoms with E-state index in [1.54, 1.807) is 0 Å². The van der Waals surface area contributed by atoms with Crippen molar-refractivity contribution >= 4 is 87.0 Å². The van der Waals surface area contributed by atoms with Gasteiger partial charge in [0.1, 0.15) is 0 Å².